The quantitative estimate of drug-likeness (QED) is 0.506. The van der Waals surface area contributed by atoms with Gasteiger partial charge in [0.1, 0.15) is 0 Å². The van der Waals surface area contributed by atoms with E-state index < -0.39 is 5.60 Å². The predicted molar refractivity (Wildman–Crippen MR) is 32.1 cm³/mol. The minimum atomic E-state index is -0.849. The molecule has 0 aromatic carbocycles. The van der Waals surface area contributed by atoms with Gasteiger partial charge in [0.15, 0.2) is 0 Å². The Balaban J connectivity index is 2.37. The van der Waals surface area contributed by atoms with Crippen molar-refractivity contribution in [2.24, 2.45) is 0 Å². The Morgan fingerprint density at radius 1 is 1.33 bits per heavy atom. The fraction of sp³-hybridized carbons (Fsp3) is 1.00. The standard InChI is InChI=1S/C6H12O3/c7-5-6(8)1-3-9-4-2-6/h7-8H,1-5H2. The van der Waals surface area contributed by atoms with Crippen LogP contribution in [0.3, 0.4) is 0 Å². The second kappa shape index (κ2) is 2.64. The van der Waals surface area contributed by atoms with Crippen molar-refractivity contribution in [1.82, 2.24) is 0 Å². The van der Waals surface area contributed by atoms with Crippen LogP contribution in [0.15, 0.2) is 0 Å². The van der Waals surface area contributed by atoms with Gasteiger partial charge in [-0.25, -0.2) is 0 Å². The Labute approximate surface area is 54.3 Å². The molecule has 1 fully saturated rings. The maximum atomic E-state index is 9.35. The van der Waals surface area contributed by atoms with E-state index in [0.717, 1.165) is 0 Å². The summed E-state index contributed by atoms with van der Waals surface area (Å²) < 4.78 is 5.00. The molecule has 2 N–H and O–H groups in total. The van der Waals surface area contributed by atoms with Gasteiger partial charge in [0.05, 0.1) is 12.2 Å². The van der Waals surface area contributed by atoms with E-state index in [1.807, 2.05) is 0 Å². The summed E-state index contributed by atoms with van der Waals surface area (Å²) in [6.45, 7) is 0.991. The van der Waals surface area contributed by atoms with Crippen LogP contribution in [0, 0.1) is 0 Å². The third-order valence-corrected chi connectivity index (χ3v) is 1.72. The minimum absolute atomic E-state index is 0.143. The van der Waals surface area contributed by atoms with Crippen LogP contribution in [-0.2, 0) is 4.74 Å². The van der Waals surface area contributed by atoms with Crippen molar-refractivity contribution in [1.29, 1.82) is 0 Å². The topological polar surface area (TPSA) is 49.7 Å². The van der Waals surface area contributed by atoms with Gasteiger partial charge in [-0.05, 0) is 0 Å². The number of hydrogen-bond acceptors (Lipinski definition) is 3. The molecular weight excluding hydrogens is 120 g/mol. The molecule has 0 unspecified atom stereocenters. The molecule has 0 atom stereocenters. The number of ether oxygens (including phenoxy) is 1. The first kappa shape index (κ1) is 6.99. The van der Waals surface area contributed by atoms with Gasteiger partial charge in [-0.15, -0.1) is 0 Å². The average Bonchev–Trinajstić information content (AvgIpc) is 1.90. The third kappa shape index (κ3) is 1.64. The SMILES string of the molecule is OCC1(O)CCOCC1. The van der Waals surface area contributed by atoms with Crippen LogP contribution >= 0.6 is 0 Å². The zero-order chi connectivity index (χ0) is 6.74. The molecule has 0 bridgehead atoms. The number of rotatable bonds is 1. The van der Waals surface area contributed by atoms with Crippen LogP contribution in [0.5, 0.6) is 0 Å². The van der Waals surface area contributed by atoms with E-state index in [9.17, 15) is 5.11 Å². The molecule has 9 heavy (non-hydrogen) atoms. The zero-order valence-corrected chi connectivity index (χ0v) is 5.34. The number of hydrogen-bond donors (Lipinski definition) is 2. The summed E-state index contributed by atoms with van der Waals surface area (Å²) in [5.41, 5.74) is -0.849. The molecule has 0 aromatic rings. The summed E-state index contributed by atoms with van der Waals surface area (Å²) in [6, 6.07) is 0. The van der Waals surface area contributed by atoms with Crippen LogP contribution in [0.1, 0.15) is 12.8 Å². The largest absolute Gasteiger partial charge is 0.393 e. The van der Waals surface area contributed by atoms with Gasteiger partial charge in [-0.2, -0.15) is 0 Å². The number of aliphatic hydroxyl groups excluding tert-OH is 1. The molecule has 3 nitrogen and oxygen atoms in total. The van der Waals surface area contributed by atoms with Gasteiger partial charge in [-0.1, -0.05) is 0 Å². The van der Waals surface area contributed by atoms with Crippen molar-refractivity contribution in [3.05, 3.63) is 0 Å². The molecule has 1 heterocycles. The maximum Gasteiger partial charge on any atom is 0.0921 e. The van der Waals surface area contributed by atoms with Gasteiger partial charge in [-0.3, -0.25) is 0 Å². The highest BCUT2D eigenvalue weighted by Gasteiger charge is 2.28. The highest BCUT2D eigenvalue weighted by molar-refractivity contribution is 4.79. The van der Waals surface area contributed by atoms with Crippen LogP contribution in [0.2, 0.25) is 0 Å². The van der Waals surface area contributed by atoms with E-state index in [-0.39, 0.29) is 6.61 Å². The molecule has 0 spiro atoms. The molecule has 0 aliphatic carbocycles. The predicted octanol–water partition coefficient (Wildman–Crippen LogP) is -0.480. The second-order valence-corrected chi connectivity index (χ2v) is 2.49. The number of aliphatic hydroxyl groups is 2. The van der Waals surface area contributed by atoms with Gasteiger partial charge >= 0.3 is 0 Å². The first-order valence-electron chi connectivity index (χ1n) is 3.18. The summed E-state index contributed by atoms with van der Waals surface area (Å²) in [4.78, 5) is 0. The molecule has 0 radical (unpaired) electrons. The van der Waals surface area contributed by atoms with Gasteiger partial charge in [0, 0.05) is 26.1 Å². The molecule has 0 amide bonds. The molecular formula is C6H12O3. The maximum absolute atomic E-state index is 9.35. The van der Waals surface area contributed by atoms with Crippen LogP contribution in [0.25, 0.3) is 0 Å². The Hall–Kier alpha value is -0.120. The van der Waals surface area contributed by atoms with Gasteiger partial charge in [0.2, 0.25) is 0 Å². The Kier molecular flexibility index (Phi) is 2.05. The van der Waals surface area contributed by atoms with Crippen molar-refractivity contribution in [3.63, 3.8) is 0 Å². The second-order valence-electron chi connectivity index (χ2n) is 2.49. The lowest BCUT2D eigenvalue weighted by Gasteiger charge is -2.29. The lowest BCUT2D eigenvalue weighted by molar-refractivity contribution is -0.0910. The smallest absolute Gasteiger partial charge is 0.0921 e. The highest BCUT2D eigenvalue weighted by atomic mass is 16.5. The summed E-state index contributed by atoms with van der Waals surface area (Å²) in [5.74, 6) is 0. The van der Waals surface area contributed by atoms with Crippen LogP contribution in [0.4, 0.5) is 0 Å². The summed E-state index contributed by atoms with van der Waals surface area (Å²) in [6.07, 6.45) is 1.12. The van der Waals surface area contributed by atoms with E-state index in [1.54, 1.807) is 0 Å². The summed E-state index contributed by atoms with van der Waals surface area (Å²) in [5, 5.41) is 18.0. The molecule has 0 aromatic heterocycles. The van der Waals surface area contributed by atoms with E-state index in [2.05, 4.69) is 0 Å². The summed E-state index contributed by atoms with van der Waals surface area (Å²) in [7, 11) is 0. The Morgan fingerprint density at radius 3 is 2.22 bits per heavy atom. The monoisotopic (exact) mass is 132 g/mol. The van der Waals surface area contributed by atoms with Crippen molar-refractivity contribution in [2.45, 2.75) is 18.4 Å². The van der Waals surface area contributed by atoms with E-state index in [1.165, 1.54) is 0 Å². The van der Waals surface area contributed by atoms with E-state index in [0.29, 0.717) is 26.1 Å². The fourth-order valence-corrected chi connectivity index (χ4v) is 0.909. The minimum Gasteiger partial charge on any atom is -0.393 e. The Morgan fingerprint density at radius 2 is 1.89 bits per heavy atom. The normalized spacial score (nSPS) is 26.0. The molecule has 1 aliphatic rings. The molecule has 1 saturated heterocycles. The molecule has 0 saturated carbocycles. The molecule has 1 aliphatic heterocycles. The lowest BCUT2D eigenvalue weighted by Crippen LogP contribution is -2.39. The highest BCUT2D eigenvalue weighted by Crippen LogP contribution is 2.18. The van der Waals surface area contributed by atoms with E-state index >= 15 is 0 Å². The summed E-state index contributed by atoms with van der Waals surface area (Å²) >= 11 is 0. The third-order valence-electron chi connectivity index (χ3n) is 1.72. The fourth-order valence-electron chi connectivity index (χ4n) is 0.909. The van der Waals surface area contributed by atoms with Crippen LogP contribution < -0.4 is 0 Å². The first-order valence-corrected chi connectivity index (χ1v) is 3.18. The molecule has 3 heteroatoms. The van der Waals surface area contributed by atoms with Gasteiger partial charge in [0.25, 0.3) is 0 Å². The zero-order valence-electron chi connectivity index (χ0n) is 5.34. The molecule has 1 rings (SSSR count). The van der Waals surface area contributed by atoms with Crippen LogP contribution in [-0.4, -0.2) is 35.6 Å². The molecule has 54 valence electrons. The first-order chi connectivity index (χ1) is 4.27. The van der Waals surface area contributed by atoms with E-state index in [4.69, 9.17) is 9.84 Å². The van der Waals surface area contributed by atoms with Crippen molar-refractivity contribution in [3.8, 4) is 0 Å². The Bertz CT molecular complexity index is 86.3. The lowest BCUT2D eigenvalue weighted by atomic mass is 9.96. The van der Waals surface area contributed by atoms with Gasteiger partial charge < -0.3 is 14.9 Å². The van der Waals surface area contributed by atoms with Crippen molar-refractivity contribution >= 4 is 0 Å². The van der Waals surface area contributed by atoms with Crippen molar-refractivity contribution < 1.29 is 14.9 Å². The average molecular weight is 132 g/mol. The van der Waals surface area contributed by atoms with Crippen molar-refractivity contribution in [2.75, 3.05) is 19.8 Å².